The number of hydrogen-bond acceptors (Lipinski definition) is 4. The molecule has 22 heavy (non-hydrogen) atoms. The summed E-state index contributed by atoms with van der Waals surface area (Å²) in [5.74, 6) is 0.404. The van der Waals surface area contributed by atoms with Crippen LogP contribution in [-0.4, -0.2) is 29.8 Å². The first-order valence-corrected chi connectivity index (χ1v) is 6.97. The minimum atomic E-state index is -0.422. The van der Waals surface area contributed by atoms with Crippen LogP contribution in [0.3, 0.4) is 0 Å². The van der Waals surface area contributed by atoms with Crippen LogP contribution >= 0.6 is 11.6 Å². The number of pyridine rings is 1. The van der Waals surface area contributed by atoms with E-state index in [0.29, 0.717) is 28.7 Å². The zero-order chi connectivity index (χ0) is 15.9. The van der Waals surface area contributed by atoms with E-state index in [4.69, 9.17) is 21.4 Å². The maximum atomic E-state index is 12.1. The van der Waals surface area contributed by atoms with Crippen LogP contribution in [0, 0.1) is 0 Å². The van der Waals surface area contributed by atoms with Gasteiger partial charge >= 0.3 is 6.03 Å². The number of nitrogens with one attached hydrogen (secondary N) is 2. The van der Waals surface area contributed by atoms with E-state index >= 15 is 0 Å². The number of carbonyl (C=O) groups is 1. The van der Waals surface area contributed by atoms with Gasteiger partial charge in [0.1, 0.15) is 0 Å². The van der Waals surface area contributed by atoms with Crippen LogP contribution in [0.4, 0.5) is 16.2 Å². The number of rotatable bonds is 5. The smallest absolute Gasteiger partial charge is 0.323 e. The Balaban J connectivity index is 2.09. The number of aromatic nitrogens is 1. The van der Waals surface area contributed by atoms with E-state index in [9.17, 15) is 4.79 Å². The van der Waals surface area contributed by atoms with E-state index in [1.807, 2.05) is 0 Å². The summed E-state index contributed by atoms with van der Waals surface area (Å²) in [4.78, 5) is 16.0. The number of aliphatic hydroxyl groups excluding tert-OH is 1. The van der Waals surface area contributed by atoms with Crippen molar-refractivity contribution < 1.29 is 14.6 Å². The lowest BCUT2D eigenvalue weighted by atomic mass is 10.1. The van der Waals surface area contributed by atoms with Gasteiger partial charge in [-0.1, -0.05) is 17.7 Å². The van der Waals surface area contributed by atoms with Crippen LogP contribution in [0.2, 0.25) is 5.02 Å². The zero-order valence-electron chi connectivity index (χ0n) is 12.0. The topological polar surface area (TPSA) is 83.5 Å². The van der Waals surface area contributed by atoms with Crippen LogP contribution in [0.25, 0.3) is 0 Å². The first-order chi connectivity index (χ1) is 10.6. The van der Waals surface area contributed by atoms with Crippen molar-refractivity contribution in [2.45, 2.75) is 6.42 Å². The Morgan fingerprint density at radius 2 is 2.14 bits per heavy atom. The molecule has 0 bridgehead atoms. The van der Waals surface area contributed by atoms with Gasteiger partial charge in [-0.25, -0.2) is 9.78 Å². The number of nitrogens with zero attached hydrogens (tertiary/aromatic N) is 1. The van der Waals surface area contributed by atoms with Gasteiger partial charge < -0.3 is 20.5 Å². The summed E-state index contributed by atoms with van der Waals surface area (Å²) in [6.07, 6.45) is 1.96. The molecule has 0 unspecified atom stereocenters. The van der Waals surface area contributed by atoms with E-state index in [0.717, 1.165) is 5.56 Å². The monoisotopic (exact) mass is 321 g/mol. The molecule has 0 aliphatic rings. The van der Waals surface area contributed by atoms with Gasteiger partial charge in [0.15, 0.2) is 0 Å². The van der Waals surface area contributed by atoms with Crippen LogP contribution in [0.15, 0.2) is 36.5 Å². The van der Waals surface area contributed by atoms with Crippen molar-refractivity contribution in [2.75, 3.05) is 24.4 Å². The summed E-state index contributed by atoms with van der Waals surface area (Å²) in [5, 5.41) is 15.0. The fourth-order valence-electron chi connectivity index (χ4n) is 1.89. The zero-order valence-corrected chi connectivity index (χ0v) is 12.7. The Labute approximate surface area is 133 Å². The molecule has 1 aromatic heterocycles. The number of methoxy groups -OCH3 is 1. The normalized spacial score (nSPS) is 10.1. The second-order valence-electron chi connectivity index (χ2n) is 4.44. The Hall–Kier alpha value is -2.31. The van der Waals surface area contributed by atoms with Crippen LogP contribution in [0.5, 0.6) is 5.88 Å². The summed E-state index contributed by atoms with van der Waals surface area (Å²) >= 11 is 5.94. The van der Waals surface area contributed by atoms with Crippen molar-refractivity contribution in [1.82, 2.24) is 4.98 Å². The molecule has 0 saturated heterocycles. The molecule has 2 aromatic rings. The summed E-state index contributed by atoms with van der Waals surface area (Å²) in [6, 6.07) is 7.95. The minimum Gasteiger partial charge on any atom is -0.481 e. The predicted molar refractivity (Wildman–Crippen MR) is 85.7 cm³/mol. The number of carbonyl (C=O) groups excluding carboxylic acids is 1. The van der Waals surface area contributed by atoms with Crippen molar-refractivity contribution in [3.63, 3.8) is 0 Å². The second-order valence-corrected chi connectivity index (χ2v) is 4.88. The fourth-order valence-corrected chi connectivity index (χ4v) is 2.06. The third kappa shape index (κ3) is 4.34. The molecule has 1 aromatic carbocycles. The van der Waals surface area contributed by atoms with Crippen molar-refractivity contribution in [1.29, 1.82) is 0 Å². The molecule has 116 valence electrons. The van der Waals surface area contributed by atoms with E-state index < -0.39 is 6.03 Å². The Morgan fingerprint density at radius 3 is 2.86 bits per heavy atom. The van der Waals surface area contributed by atoms with Crippen LogP contribution in [0.1, 0.15) is 5.56 Å². The van der Waals surface area contributed by atoms with Gasteiger partial charge in [0.25, 0.3) is 0 Å². The van der Waals surface area contributed by atoms with Crippen molar-refractivity contribution in [2.24, 2.45) is 0 Å². The fraction of sp³-hybridized carbons (Fsp3) is 0.200. The molecule has 0 atom stereocenters. The van der Waals surface area contributed by atoms with Crippen LogP contribution < -0.4 is 15.4 Å². The highest BCUT2D eigenvalue weighted by Gasteiger charge is 2.08. The average Bonchev–Trinajstić information content (AvgIpc) is 2.50. The SMILES string of the molecule is COc1cc(NC(=O)Nc2cc(Cl)ccc2CCO)ccn1. The van der Waals surface area contributed by atoms with Crippen molar-refractivity contribution in [3.8, 4) is 5.88 Å². The van der Waals surface area contributed by atoms with Gasteiger partial charge in [-0.3, -0.25) is 0 Å². The first-order valence-electron chi connectivity index (χ1n) is 6.59. The van der Waals surface area contributed by atoms with Crippen molar-refractivity contribution in [3.05, 3.63) is 47.1 Å². The molecular weight excluding hydrogens is 306 g/mol. The average molecular weight is 322 g/mol. The Kier molecular flexibility index (Phi) is 5.57. The summed E-state index contributed by atoms with van der Waals surface area (Å²) in [7, 11) is 1.50. The number of benzene rings is 1. The summed E-state index contributed by atoms with van der Waals surface area (Å²) < 4.78 is 4.99. The second kappa shape index (κ2) is 7.63. The molecule has 2 rings (SSSR count). The Morgan fingerprint density at radius 1 is 1.32 bits per heavy atom. The molecule has 7 heteroatoms. The van der Waals surface area contributed by atoms with Gasteiger partial charge in [-0.15, -0.1) is 0 Å². The molecule has 3 N–H and O–H groups in total. The van der Waals surface area contributed by atoms with Gasteiger partial charge in [0.05, 0.1) is 7.11 Å². The number of aliphatic hydroxyl groups is 1. The van der Waals surface area contributed by atoms with E-state index in [2.05, 4.69) is 15.6 Å². The summed E-state index contributed by atoms with van der Waals surface area (Å²) in [6.45, 7) is -0.0144. The quantitative estimate of drug-likeness (QED) is 0.790. The molecule has 0 fully saturated rings. The molecule has 2 amide bonds. The molecule has 0 spiro atoms. The molecule has 6 nitrogen and oxygen atoms in total. The molecule has 0 aliphatic carbocycles. The lowest BCUT2D eigenvalue weighted by Gasteiger charge is -2.12. The molecule has 0 radical (unpaired) electrons. The Bertz CT molecular complexity index is 664. The minimum absolute atomic E-state index is 0.0144. The maximum absolute atomic E-state index is 12.1. The van der Waals surface area contributed by atoms with Crippen molar-refractivity contribution >= 4 is 29.0 Å². The first kappa shape index (κ1) is 16.1. The number of amides is 2. The standard InChI is InChI=1S/C15H16ClN3O3/c1-22-14-9-12(4-6-17-14)18-15(21)19-13-8-11(16)3-2-10(13)5-7-20/h2-4,6,8-9,20H,5,7H2,1H3,(H2,17,18,19,21). The van der Waals surface area contributed by atoms with Crippen LogP contribution in [-0.2, 0) is 6.42 Å². The molecule has 0 saturated carbocycles. The van der Waals surface area contributed by atoms with E-state index in [1.165, 1.54) is 13.3 Å². The van der Waals surface area contributed by atoms with Gasteiger partial charge in [-0.05, 0) is 30.2 Å². The lowest BCUT2D eigenvalue weighted by molar-refractivity contribution is 0.262. The third-order valence-corrected chi connectivity index (χ3v) is 3.14. The summed E-state index contributed by atoms with van der Waals surface area (Å²) in [5.41, 5.74) is 1.91. The maximum Gasteiger partial charge on any atom is 0.323 e. The molecule has 0 aliphatic heterocycles. The number of ether oxygens (including phenoxy) is 1. The van der Waals surface area contributed by atoms with Gasteiger partial charge in [-0.2, -0.15) is 0 Å². The predicted octanol–water partition coefficient (Wildman–Crippen LogP) is 2.92. The largest absolute Gasteiger partial charge is 0.481 e. The molecular formula is C15H16ClN3O3. The lowest BCUT2D eigenvalue weighted by Crippen LogP contribution is -2.20. The van der Waals surface area contributed by atoms with Gasteiger partial charge in [0, 0.05) is 35.3 Å². The number of urea groups is 1. The highest BCUT2D eigenvalue weighted by Crippen LogP contribution is 2.22. The highest BCUT2D eigenvalue weighted by molar-refractivity contribution is 6.31. The van der Waals surface area contributed by atoms with E-state index in [-0.39, 0.29) is 6.61 Å². The third-order valence-electron chi connectivity index (χ3n) is 2.90. The van der Waals surface area contributed by atoms with E-state index in [1.54, 1.807) is 30.3 Å². The highest BCUT2D eigenvalue weighted by atomic mass is 35.5. The molecule has 1 heterocycles. The van der Waals surface area contributed by atoms with Gasteiger partial charge in [0.2, 0.25) is 5.88 Å². The number of hydrogen-bond donors (Lipinski definition) is 3. The number of halogens is 1. The number of anilines is 2.